The van der Waals surface area contributed by atoms with E-state index >= 15 is 0 Å². The lowest BCUT2D eigenvalue weighted by Crippen LogP contribution is -2.32. The van der Waals surface area contributed by atoms with Crippen LogP contribution in [-0.2, 0) is 9.59 Å². The predicted octanol–water partition coefficient (Wildman–Crippen LogP) is 5.41. The van der Waals surface area contributed by atoms with E-state index in [1.165, 1.54) is 12.5 Å². The SMILES string of the molecule is C=CCC1Oc2ccc(OC(=O)CCNC(C)=O)c(OC)c2-c2ccc3c(c21)C(C)=CC(C)(C)N3. The molecule has 0 saturated heterocycles. The van der Waals surface area contributed by atoms with Gasteiger partial charge in [0.2, 0.25) is 5.91 Å². The molecule has 2 heterocycles. The number of carbonyl (C=O) groups excluding carboxylic acids is 2. The molecule has 2 aliphatic rings. The molecule has 2 aromatic rings. The summed E-state index contributed by atoms with van der Waals surface area (Å²) in [5.74, 6) is 0.732. The molecule has 184 valence electrons. The maximum Gasteiger partial charge on any atom is 0.313 e. The Balaban J connectivity index is 1.81. The van der Waals surface area contributed by atoms with Crippen LogP contribution in [0, 0.1) is 0 Å². The van der Waals surface area contributed by atoms with Gasteiger partial charge in [-0.2, -0.15) is 0 Å². The average molecular weight is 477 g/mol. The molecule has 0 aliphatic carbocycles. The van der Waals surface area contributed by atoms with E-state index in [4.69, 9.17) is 14.2 Å². The number of rotatable bonds is 7. The third kappa shape index (κ3) is 4.76. The second kappa shape index (κ2) is 9.49. The lowest BCUT2D eigenvalue weighted by molar-refractivity contribution is -0.134. The summed E-state index contributed by atoms with van der Waals surface area (Å²) in [4.78, 5) is 23.5. The number of fused-ring (bicyclic) bond motifs is 5. The predicted molar refractivity (Wildman–Crippen MR) is 137 cm³/mol. The van der Waals surface area contributed by atoms with Gasteiger partial charge in [0.1, 0.15) is 11.9 Å². The number of hydrogen-bond donors (Lipinski definition) is 2. The lowest BCUT2D eigenvalue weighted by Gasteiger charge is -2.37. The van der Waals surface area contributed by atoms with Crippen molar-refractivity contribution in [3.8, 4) is 28.4 Å². The highest BCUT2D eigenvalue weighted by Crippen LogP contribution is 2.54. The number of amides is 1. The van der Waals surface area contributed by atoms with Crippen molar-refractivity contribution in [3.63, 3.8) is 0 Å². The Morgan fingerprint density at radius 2 is 2.00 bits per heavy atom. The van der Waals surface area contributed by atoms with Crippen molar-refractivity contribution in [2.45, 2.75) is 52.2 Å². The van der Waals surface area contributed by atoms with Gasteiger partial charge in [-0.15, -0.1) is 6.58 Å². The molecule has 0 fully saturated rings. The van der Waals surface area contributed by atoms with Gasteiger partial charge in [-0.1, -0.05) is 18.2 Å². The first kappa shape index (κ1) is 24.4. The van der Waals surface area contributed by atoms with Crippen LogP contribution in [0.15, 0.2) is 43.0 Å². The van der Waals surface area contributed by atoms with E-state index in [0.29, 0.717) is 23.7 Å². The van der Waals surface area contributed by atoms with Crippen LogP contribution in [0.1, 0.15) is 57.8 Å². The minimum absolute atomic E-state index is 0.0489. The number of nitrogens with one attached hydrogen (secondary N) is 2. The van der Waals surface area contributed by atoms with Crippen LogP contribution in [0.4, 0.5) is 5.69 Å². The summed E-state index contributed by atoms with van der Waals surface area (Å²) in [6.45, 7) is 11.9. The van der Waals surface area contributed by atoms with Crippen LogP contribution >= 0.6 is 0 Å². The summed E-state index contributed by atoms with van der Waals surface area (Å²) in [6.07, 6.45) is 4.56. The summed E-state index contributed by atoms with van der Waals surface area (Å²) in [7, 11) is 1.55. The van der Waals surface area contributed by atoms with Gasteiger partial charge >= 0.3 is 5.97 Å². The maximum atomic E-state index is 12.4. The third-order valence-corrected chi connectivity index (χ3v) is 6.13. The normalized spacial score (nSPS) is 16.8. The van der Waals surface area contributed by atoms with Crippen LogP contribution in [-0.4, -0.2) is 31.1 Å². The maximum absolute atomic E-state index is 12.4. The van der Waals surface area contributed by atoms with Crippen LogP contribution in [0.3, 0.4) is 0 Å². The van der Waals surface area contributed by atoms with E-state index in [1.807, 2.05) is 6.08 Å². The number of carbonyl (C=O) groups is 2. The molecule has 1 atom stereocenters. The Bertz CT molecular complexity index is 1230. The standard InChI is InChI=1S/C28H32N2O5/c1-7-8-20-25-18(9-10-19-24(25)16(2)15-28(4,5)30-19)26-21(34-20)11-12-22(27(26)33-6)35-23(32)13-14-29-17(3)31/h7,9-12,15,20,30H,1,8,13-14H2,2-6H3,(H,29,31). The van der Waals surface area contributed by atoms with Gasteiger partial charge in [-0.3, -0.25) is 9.59 Å². The van der Waals surface area contributed by atoms with E-state index in [2.05, 4.69) is 56.2 Å². The van der Waals surface area contributed by atoms with Crippen molar-refractivity contribution in [1.82, 2.24) is 5.32 Å². The zero-order chi connectivity index (χ0) is 25.3. The van der Waals surface area contributed by atoms with E-state index in [0.717, 1.165) is 27.9 Å². The van der Waals surface area contributed by atoms with Gasteiger partial charge < -0.3 is 24.8 Å². The molecule has 2 aromatic carbocycles. The fourth-order valence-corrected chi connectivity index (χ4v) is 4.92. The van der Waals surface area contributed by atoms with Gasteiger partial charge in [0.15, 0.2) is 11.5 Å². The first-order chi connectivity index (χ1) is 16.6. The number of ether oxygens (including phenoxy) is 3. The highest BCUT2D eigenvalue weighted by Gasteiger charge is 2.35. The monoisotopic (exact) mass is 476 g/mol. The molecule has 7 nitrogen and oxygen atoms in total. The fraction of sp³-hybridized carbons (Fsp3) is 0.357. The molecular weight excluding hydrogens is 444 g/mol. The van der Waals surface area contributed by atoms with Crippen LogP contribution < -0.4 is 24.8 Å². The topological polar surface area (TPSA) is 85.9 Å². The number of hydrogen-bond acceptors (Lipinski definition) is 6. The van der Waals surface area contributed by atoms with E-state index in [-0.39, 0.29) is 30.5 Å². The highest BCUT2D eigenvalue weighted by molar-refractivity contribution is 5.92. The Morgan fingerprint density at radius 3 is 2.69 bits per heavy atom. The van der Waals surface area contributed by atoms with Gasteiger partial charge in [-0.25, -0.2) is 0 Å². The van der Waals surface area contributed by atoms with Gasteiger partial charge in [0.05, 0.1) is 24.6 Å². The Kier molecular flexibility index (Phi) is 6.61. The summed E-state index contributed by atoms with van der Waals surface area (Å²) in [6, 6.07) is 7.63. The average Bonchev–Trinajstić information content (AvgIpc) is 2.77. The Hall–Kier alpha value is -3.74. The molecule has 2 aliphatic heterocycles. The minimum Gasteiger partial charge on any atom is -0.492 e. The first-order valence-corrected chi connectivity index (χ1v) is 11.7. The number of esters is 1. The lowest BCUT2D eigenvalue weighted by atomic mass is 9.81. The van der Waals surface area contributed by atoms with Gasteiger partial charge in [0.25, 0.3) is 0 Å². The zero-order valence-corrected chi connectivity index (χ0v) is 20.9. The molecule has 0 bridgehead atoms. The number of anilines is 1. The molecule has 1 unspecified atom stereocenters. The molecule has 0 spiro atoms. The van der Waals surface area contributed by atoms with E-state index in [1.54, 1.807) is 19.2 Å². The van der Waals surface area contributed by atoms with Crippen molar-refractivity contribution in [3.05, 3.63) is 54.1 Å². The Morgan fingerprint density at radius 1 is 1.23 bits per heavy atom. The molecule has 7 heteroatoms. The van der Waals surface area contributed by atoms with E-state index in [9.17, 15) is 9.59 Å². The number of allylic oxidation sites excluding steroid dienone is 1. The molecule has 2 N–H and O–H groups in total. The van der Waals surface area contributed by atoms with Crippen molar-refractivity contribution < 1.29 is 23.8 Å². The molecule has 0 radical (unpaired) electrons. The molecule has 4 rings (SSSR count). The van der Waals surface area contributed by atoms with Gasteiger partial charge in [-0.05, 0) is 50.1 Å². The first-order valence-electron chi connectivity index (χ1n) is 11.7. The summed E-state index contributed by atoms with van der Waals surface area (Å²) < 4.78 is 17.9. The molecule has 35 heavy (non-hydrogen) atoms. The second-order valence-corrected chi connectivity index (χ2v) is 9.43. The van der Waals surface area contributed by atoms with Crippen molar-refractivity contribution in [2.24, 2.45) is 0 Å². The Labute approximate surface area is 206 Å². The smallest absolute Gasteiger partial charge is 0.313 e. The molecule has 0 saturated carbocycles. The number of benzene rings is 2. The quantitative estimate of drug-likeness (QED) is 0.316. The number of methoxy groups -OCH3 is 1. The summed E-state index contributed by atoms with van der Waals surface area (Å²) >= 11 is 0. The molecule has 1 amide bonds. The summed E-state index contributed by atoms with van der Waals surface area (Å²) in [5, 5.41) is 6.21. The van der Waals surface area contributed by atoms with Crippen LogP contribution in [0.2, 0.25) is 0 Å². The van der Waals surface area contributed by atoms with Crippen LogP contribution in [0.25, 0.3) is 16.7 Å². The van der Waals surface area contributed by atoms with Crippen molar-refractivity contribution >= 4 is 23.1 Å². The van der Waals surface area contributed by atoms with E-state index < -0.39 is 5.97 Å². The van der Waals surface area contributed by atoms with Crippen molar-refractivity contribution in [2.75, 3.05) is 19.0 Å². The largest absolute Gasteiger partial charge is 0.492 e. The third-order valence-electron chi connectivity index (χ3n) is 6.13. The molecule has 0 aromatic heterocycles. The van der Waals surface area contributed by atoms with Gasteiger partial charge in [0, 0.05) is 36.7 Å². The summed E-state index contributed by atoms with van der Waals surface area (Å²) in [5.41, 5.74) is 5.94. The fourth-order valence-electron chi connectivity index (χ4n) is 4.92. The minimum atomic E-state index is -0.464. The second-order valence-electron chi connectivity index (χ2n) is 9.43. The van der Waals surface area contributed by atoms with Crippen molar-refractivity contribution in [1.29, 1.82) is 0 Å². The molecular formula is C28H32N2O5. The highest BCUT2D eigenvalue weighted by atomic mass is 16.6. The zero-order valence-electron chi connectivity index (χ0n) is 20.9. The van der Waals surface area contributed by atoms with Crippen LogP contribution in [0.5, 0.6) is 17.2 Å².